The van der Waals surface area contributed by atoms with Crippen LogP contribution in [0, 0.1) is 5.82 Å². The molecule has 1 fully saturated rings. The fourth-order valence-corrected chi connectivity index (χ4v) is 3.14. The fraction of sp³-hybridized carbons (Fsp3) is 0.429. The molecule has 4 nitrogen and oxygen atoms in total. The van der Waals surface area contributed by atoms with Gasteiger partial charge in [-0.25, -0.2) is 4.39 Å². The number of carbonyl (C=O) groups is 2. The van der Waals surface area contributed by atoms with E-state index in [1.165, 1.54) is 37.1 Å². The van der Waals surface area contributed by atoms with Crippen LogP contribution in [-0.4, -0.2) is 48.0 Å². The van der Waals surface area contributed by atoms with Crippen molar-refractivity contribution in [2.75, 3.05) is 26.0 Å². The lowest BCUT2D eigenvalue weighted by Crippen LogP contribution is -2.29. The van der Waals surface area contributed by atoms with Gasteiger partial charge in [0.25, 0.3) is 5.91 Å². The van der Waals surface area contributed by atoms with Crippen molar-refractivity contribution in [3.63, 3.8) is 0 Å². The van der Waals surface area contributed by atoms with Gasteiger partial charge in [0, 0.05) is 23.9 Å². The maximum Gasteiger partial charge on any atom is 0.315 e. The second-order valence-electron chi connectivity index (χ2n) is 4.56. The maximum absolute atomic E-state index is 13.1. The number of thioether (sulfide) groups is 1. The van der Waals surface area contributed by atoms with Crippen molar-refractivity contribution in [2.45, 2.75) is 11.7 Å². The van der Waals surface area contributed by atoms with E-state index in [2.05, 4.69) is 4.74 Å². The molecule has 1 aromatic carbocycles. The Morgan fingerprint density at radius 3 is 3.00 bits per heavy atom. The van der Waals surface area contributed by atoms with Gasteiger partial charge in [0.2, 0.25) is 0 Å². The van der Waals surface area contributed by atoms with Crippen molar-refractivity contribution >= 4 is 23.6 Å². The van der Waals surface area contributed by atoms with Gasteiger partial charge in [-0.3, -0.25) is 9.59 Å². The van der Waals surface area contributed by atoms with Crippen molar-refractivity contribution in [1.29, 1.82) is 0 Å². The molecule has 1 atom stereocenters. The Bertz CT molecular complexity index is 509. The number of likely N-dealkylation sites (tertiary alicyclic amines) is 1. The van der Waals surface area contributed by atoms with Gasteiger partial charge in [-0.1, -0.05) is 6.07 Å². The molecule has 1 heterocycles. The molecule has 0 aromatic heterocycles. The van der Waals surface area contributed by atoms with E-state index in [0.717, 1.165) is 6.42 Å². The number of amides is 1. The Balaban J connectivity index is 1.89. The molecule has 0 unspecified atom stereocenters. The van der Waals surface area contributed by atoms with Crippen LogP contribution in [-0.2, 0) is 9.53 Å². The zero-order chi connectivity index (χ0) is 14.5. The highest BCUT2D eigenvalue weighted by Gasteiger charge is 2.27. The first kappa shape index (κ1) is 14.8. The Morgan fingerprint density at radius 2 is 2.30 bits per heavy atom. The standard InChI is InChI=1S/C14H16FNO3S/c1-19-13(17)9-20-12-5-6-16(8-12)14(18)10-3-2-4-11(15)7-10/h2-4,7,12H,5-6,8-9H2,1H3/t12-/m1/s1. The summed E-state index contributed by atoms with van der Waals surface area (Å²) in [5.41, 5.74) is 0.364. The Hall–Kier alpha value is -1.56. The van der Waals surface area contributed by atoms with Crippen LogP contribution in [0.15, 0.2) is 24.3 Å². The second kappa shape index (κ2) is 6.74. The molecule has 1 saturated heterocycles. The molecular weight excluding hydrogens is 281 g/mol. The van der Waals surface area contributed by atoms with Crippen LogP contribution in [0.5, 0.6) is 0 Å². The van der Waals surface area contributed by atoms with Gasteiger partial charge in [-0.15, -0.1) is 11.8 Å². The van der Waals surface area contributed by atoms with Crippen LogP contribution in [0.1, 0.15) is 16.8 Å². The molecule has 108 valence electrons. The molecule has 20 heavy (non-hydrogen) atoms. The highest BCUT2D eigenvalue weighted by atomic mass is 32.2. The number of benzene rings is 1. The molecule has 0 radical (unpaired) electrons. The Morgan fingerprint density at radius 1 is 1.50 bits per heavy atom. The summed E-state index contributed by atoms with van der Waals surface area (Å²) in [6, 6.07) is 5.70. The lowest BCUT2D eigenvalue weighted by atomic mass is 10.2. The third kappa shape index (κ3) is 3.72. The van der Waals surface area contributed by atoms with E-state index in [1.54, 1.807) is 11.0 Å². The first-order valence-electron chi connectivity index (χ1n) is 6.33. The summed E-state index contributed by atoms with van der Waals surface area (Å²) in [4.78, 5) is 25.0. The second-order valence-corrected chi connectivity index (χ2v) is 5.85. The summed E-state index contributed by atoms with van der Waals surface area (Å²) in [5.74, 6) is -0.536. The summed E-state index contributed by atoms with van der Waals surface area (Å²) in [6.45, 7) is 1.21. The number of ether oxygens (including phenoxy) is 1. The zero-order valence-electron chi connectivity index (χ0n) is 11.2. The van der Waals surface area contributed by atoms with Gasteiger partial charge in [-0.2, -0.15) is 0 Å². The monoisotopic (exact) mass is 297 g/mol. The summed E-state index contributed by atoms with van der Waals surface area (Å²) in [7, 11) is 1.36. The van der Waals surface area contributed by atoms with Gasteiger partial charge in [0.1, 0.15) is 5.82 Å². The maximum atomic E-state index is 13.1. The Labute approximate surface area is 121 Å². The summed E-state index contributed by atoms with van der Waals surface area (Å²) < 4.78 is 17.7. The quantitative estimate of drug-likeness (QED) is 0.797. The number of esters is 1. The van der Waals surface area contributed by atoms with Gasteiger partial charge in [0.15, 0.2) is 0 Å². The number of hydrogen-bond acceptors (Lipinski definition) is 4. The minimum Gasteiger partial charge on any atom is -0.468 e. The van der Waals surface area contributed by atoms with Crippen molar-refractivity contribution in [2.24, 2.45) is 0 Å². The largest absolute Gasteiger partial charge is 0.468 e. The van der Waals surface area contributed by atoms with E-state index in [4.69, 9.17) is 0 Å². The minimum atomic E-state index is -0.410. The van der Waals surface area contributed by atoms with Crippen LogP contribution >= 0.6 is 11.8 Å². The van der Waals surface area contributed by atoms with Crippen LogP contribution in [0.25, 0.3) is 0 Å². The molecule has 0 bridgehead atoms. The van der Waals surface area contributed by atoms with E-state index in [1.807, 2.05) is 0 Å². The SMILES string of the molecule is COC(=O)CS[C@@H]1CCN(C(=O)c2cccc(F)c2)C1. The van der Waals surface area contributed by atoms with E-state index < -0.39 is 5.82 Å². The number of carbonyl (C=O) groups excluding carboxylic acids is 2. The van der Waals surface area contributed by atoms with Gasteiger partial charge in [0.05, 0.1) is 12.9 Å². The van der Waals surface area contributed by atoms with Crippen molar-refractivity contribution in [3.8, 4) is 0 Å². The number of hydrogen-bond donors (Lipinski definition) is 0. The Kier molecular flexibility index (Phi) is 5.00. The third-order valence-corrected chi connectivity index (χ3v) is 4.43. The van der Waals surface area contributed by atoms with Crippen molar-refractivity contribution in [3.05, 3.63) is 35.6 Å². The topological polar surface area (TPSA) is 46.6 Å². The fourth-order valence-electron chi connectivity index (χ4n) is 2.10. The number of methoxy groups -OCH3 is 1. The average molecular weight is 297 g/mol. The van der Waals surface area contributed by atoms with E-state index in [0.29, 0.717) is 24.4 Å². The summed E-state index contributed by atoms with van der Waals surface area (Å²) in [5, 5.41) is 0.228. The summed E-state index contributed by atoms with van der Waals surface area (Å²) in [6.07, 6.45) is 0.836. The predicted octanol–water partition coefficient (Wildman–Crippen LogP) is 1.95. The molecule has 0 saturated carbocycles. The average Bonchev–Trinajstić information content (AvgIpc) is 2.92. The lowest BCUT2D eigenvalue weighted by molar-refractivity contribution is -0.137. The molecule has 1 aromatic rings. The van der Waals surface area contributed by atoms with E-state index in [-0.39, 0.29) is 17.1 Å². The molecular formula is C14H16FNO3S. The van der Waals surface area contributed by atoms with Gasteiger partial charge >= 0.3 is 5.97 Å². The number of halogens is 1. The van der Waals surface area contributed by atoms with E-state index >= 15 is 0 Å². The van der Waals surface area contributed by atoms with Crippen LogP contribution in [0.2, 0.25) is 0 Å². The molecule has 1 aliphatic heterocycles. The molecule has 0 N–H and O–H groups in total. The van der Waals surface area contributed by atoms with Crippen molar-refractivity contribution < 1.29 is 18.7 Å². The van der Waals surface area contributed by atoms with Gasteiger partial charge < -0.3 is 9.64 Å². The normalized spacial score (nSPS) is 18.1. The predicted molar refractivity (Wildman–Crippen MR) is 75.2 cm³/mol. The van der Waals surface area contributed by atoms with Gasteiger partial charge in [-0.05, 0) is 24.6 Å². The van der Waals surface area contributed by atoms with Crippen LogP contribution in [0.4, 0.5) is 4.39 Å². The molecule has 0 spiro atoms. The first-order chi connectivity index (χ1) is 9.60. The van der Waals surface area contributed by atoms with E-state index in [9.17, 15) is 14.0 Å². The van der Waals surface area contributed by atoms with Crippen molar-refractivity contribution in [1.82, 2.24) is 4.90 Å². The highest BCUT2D eigenvalue weighted by Crippen LogP contribution is 2.24. The number of nitrogens with zero attached hydrogens (tertiary/aromatic N) is 1. The smallest absolute Gasteiger partial charge is 0.315 e. The first-order valence-corrected chi connectivity index (χ1v) is 7.38. The molecule has 2 rings (SSSR count). The highest BCUT2D eigenvalue weighted by molar-refractivity contribution is 8.00. The zero-order valence-corrected chi connectivity index (χ0v) is 12.0. The van der Waals surface area contributed by atoms with Crippen LogP contribution in [0.3, 0.4) is 0 Å². The molecule has 6 heteroatoms. The molecule has 1 amide bonds. The minimum absolute atomic E-state index is 0.161. The third-order valence-electron chi connectivity index (χ3n) is 3.17. The summed E-state index contributed by atoms with van der Waals surface area (Å²) >= 11 is 1.49. The molecule has 0 aliphatic carbocycles. The number of rotatable bonds is 4. The molecule has 1 aliphatic rings. The van der Waals surface area contributed by atoms with Crippen LogP contribution < -0.4 is 0 Å². The lowest BCUT2D eigenvalue weighted by Gasteiger charge is -2.16.